The number of hydrogen-bond acceptors (Lipinski definition) is 2. The van der Waals surface area contributed by atoms with Crippen LogP contribution in [0.4, 0.5) is 5.69 Å². The van der Waals surface area contributed by atoms with Crippen molar-refractivity contribution in [1.29, 1.82) is 0 Å². The van der Waals surface area contributed by atoms with Crippen LogP contribution >= 0.6 is 15.9 Å². The maximum absolute atomic E-state index is 12.6. The topological polar surface area (TPSA) is 58.2 Å². The average molecular weight is 389 g/mol. The third-order valence-electron chi connectivity index (χ3n) is 3.61. The minimum absolute atomic E-state index is 0.0362. The summed E-state index contributed by atoms with van der Waals surface area (Å²) in [6.45, 7) is 5.74. The van der Waals surface area contributed by atoms with E-state index in [1.54, 1.807) is 12.1 Å². The lowest BCUT2D eigenvalue weighted by molar-refractivity contribution is -0.118. The molecule has 0 radical (unpaired) electrons. The minimum Gasteiger partial charge on any atom is -0.340 e. The zero-order chi connectivity index (χ0) is 17.7. The van der Waals surface area contributed by atoms with E-state index in [-0.39, 0.29) is 17.7 Å². The van der Waals surface area contributed by atoms with Gasteiger partial charge >= 0.3 is 0 Å². The van der Waals surface area contributed by atoms with Crippen molar-refractivity contribution in [2.24, 2.45) is 5.92 Å². The molecule has 2 N–H and O–H groups in total. The van der Waals surface area contributed by atoms with Crippen LogP contribution in [0.25, 0.3) is 0 Å². The molecule has 1 atom stereocenters. The van der Waals surface area contributed by atoms with E-state index in [0.29, 0.717) is 11.3 Å². The van der Waals surface area contributed by atoms with E-state index in [2.05, 4.69) is 26.6 Å². The van der Waals surface area contributed by atoms with Gasteiger partial charge in [0.15, 0.2) is 0 Å². The lowest BCUT2D eigenvalue weighted by Crippen LogP contribution is -2.47. The Morgan fingerprint density at radius 3 is 2.38 bits per heavy atom. The molecule has 0 aliphatic heterocycles. The number of rotatable bonds is 5. The van der Waals surface area contributed by atoms with Gasteiger partial charge in [0.25, 0.3) is 5.91 Å². The molecule has 2 amide bonds. The van der Waals surface area contributed by atoms with Crippen LogP contribution in [-0.2, 0) is 4.79 Å². The number of hydrogen-bond donors (Lipinski definition) is 2. The van der Waals surface area contributed by atoms with Crippen molar-refractivity contribution < 1.29 is 9.59 Å². The van der Waals surface area contributed by atoms with Crippen LogP contribution in [0, 0.1) is 12.8 Å². The van der Waals surface area contributed by atoms with Gasteiger partial charge < -0.3 is 10.6 Å². The predicted molar refractivity (Wildman–Crippen MR) is 100 cm³/mol. The largest absolute Gasteiger partial charge is 0.340 e. The van der Waals surface area contributed by atoms with E-state index in [1.165, 1.54) is 0 Å². The number of carbonyl (C=O) groups is 2. The Morgan fingerprint density at radius 1 is 1.04 bits per heavy atom. The first kappa shape index (κ1) is 18.2. The van der Waals surface area contributed by atoms with Gasteiger partial charge in [-0.15, -0.1) is 0 Å². The Hall–Kier alpha value is -2.14. The van der Waals surface area contributed by atoms with Crippen LogP contribution in [0.2, 0.25) is 0 Å². The number of aryl methyl sites for hydroxylation is 1. The predicted octanol–water partition coefficient (Wildman–Crippen LogP) is 4.15. The lowest BCUT2D eigenvalue weighted by atomic mass is 10.0. The van der Waals surface area contributed by atoms with Crippen molar-refractivity contribution in [2.45, 2.75) is 26.8 Å². The standard InChI is InChI=1S/C19H21BrN2O2/c1-12(2)17(19(24)21-16-9-5-8-15(20)11-16)22-18(23)14-7-4-6-13(3)10-14/h4-12,17H,1-3H3,(H,21,24)(H,22,23). The molecule has 0 aliphatic carbocycles. The Balaban J connectivity index is 2.11. The quantitative estimate of drug-likeness (QED) is 0.807. The molecular weight excluding hydrogens is 368 g/mol. The fourth-order valence-electron chi connectivity index (χ4n) is 2.33. The molecule has 0 aromatic heterocycles. The van der Waals surface area contributed by atoms with Crippen molar-refractivity contribution in [2.75, 3.05) is 5.32 Å². The monoisotopic (exact) mass is 388 g/mol. The first-order valence-corrected chi connectivity index (χ1v) is 8.60. The van der Waals surface area contributed by atoms with E-state index in [9.17, 15) is 9.59 Å². The molecule has 5 heteroatoms. The maximum atomic E-state index is 12.6. The molecule has 2 rings (SSSR count). The first-order chi connectivity index (χ1) is 11.4. The number of halogens is 1. The number of anilines is 1. The molecule has 0 saturated carbocycles. The van der Waals surface area contributed by atoms with Crippen LogP contribution in [0.15, 0.2) is 53.0 Å². The van der Waals surface area contributed by atoms with Gasteiger partial charge in [-0.3, -0.25) is 9.59 Å². The molecule has 0 aliphatic rings. The van der Waals surface area contributed by atoms with E-state index >= 15 is 0 Å². The molecule has 0 heterocycles. The zero-order valence-electron chi connectivity index (χ0n) is 14.0. The first-order valence-electron chi connectivity index (χ1n) is 7.81. The van der Waals surface area contributed by atoms with Gasteiger partial charge in [-0.05, 0) is 43.2 Å². The third-order valence-corrected chi connectivity index (χ3v) is 4.10. The van der Waals surface area contributed by atoms with Crippen LogP contribution in [0.3, 0.4) is 0 Å². The molecule has 2 aromatic carbocycles. The second-order valence-corrected chi connectivity index (χ2v) is 6.98. The van der Waals surface area contributed by atoms with Gasteiger partial charge in [0.05, 0.1) is 0 Å². The summed E-state index contributed by atoms with van der Waals surface area (Å²) in [5.74, 6) is -0.517. The SMILES string of the molecule is Cc1cccc(C(=O)NC(C(=O)Nc2cccc(Br)c2)C(C)C)c1. The van der Waals surface area contributed by atoms with Gasteiger partial charge in [0.2, 0.25) is 5.91 Å². The van der Waals surface area contributed by atoms with Gasteiger partial charge in [-0.1, -0.05) is 53.5 Å². The molecule has 1 unspecified atom stereocenters. The number of benzene rings is 2. The van der Waals surface area contributed by atoms with Crippen molar-refractivity contribution in [3.63, 3.8) is 0 Å². The summed E-state index contributed by atoms with van der Waals surface area (Å²) >= 11 is 3.37. The molecule has 126 valence electrons. The summed E-state index contributed by atoms with van der Waals surface area (Å²) < 4.78 is 0.880. The second-order valence-electron chi connectivity index (χ2n) is 6.06. The zero-order valence-corrected chi connectivity index (χ0v) is 15.6. The van der Waals surface area contributed by atoms with E-state index in [0.717, 1.165) is 10.0 Å². The van der Waals surface area contributed by atoms with Gasteiger partial charge in [0.1, 0.15) is 6.04 Å². The van der Waals surface area contributed by atoms with Crippen LogP contribution < -0.4 is 10.6 Å². The highest BCUT2D eigenvalue weighted by atomic mass is 79.9. The van der Waals surface area contributed by atoms with Crippen molar-refractivity contribution in [3.8, 4) is 0 Å². The molecule has 0 saturated heterocycles. The summed E-state index contributed by atoms with van der Waals surface area (Å²) in [5, 5.41) is 5.68. The molecule has 0 spiro atoms. The van der Waals surface area contributed by atoms with Crippen molar-refractivity contribution >= 4 is 33.4 Å². The van der Waals surface area contributed by atoms with Gasteiger partial charge in [-0.2, -0.15) is 0 Å². The number of nitrogens with one attached hydrogen (secondary N) is 2. The highest BCUT2D eigenvalue weighted by Gasteiger charge is 2.24. The Kier molecular flexibility index (Phi) is 6.15. The van der Waals surface area contributed by atoms with Gasteiger partial charge in [0, 0.05) is 15.7 Å². The maximum Gasteiger partial charge on any atom is 0.251 e. The van der Waals surface area contributed by atoms with E-state index < -0.39 is 6.04 Å². The third kappa shape index (κ3) is 4.93. The Bertz CT molecular complexity index is 744. The lowest BCUT2D eigenvalue weighted by Gasteiger charge is -2.22. The average Bonchev–Trinajstić information content (AvgIpc) is 2.52. The molecule has 24 heavy (non-hydrogen) atoms. The minimum atomic E-state index is -0.614. The fourth-order valence-corrected chi connectivity index (χ4v) is 2.73. The number of carbonyl (C=O) groups excluding carboxylic acids is 2. The smallest absolute Gasteiger partial charge is 0.251 e. The normalized spacial score (nSPS) is 11.9. The summed E-state index contributed by atoms with van der Waals surface area (Å²) in [7, 11) is 0. The van der Waals surface area contributed by atoms with Crippen LogP contribution in [0.1, 0.15) is 29.8 Å². The summed E-state index contributed by atoms with van der Waals surface area (Å²) in [5.41, 5.74) is 2.24. The van der Waals surface area contributed by atoms with Crippen molar-refractivity contribution in [3.05, 3.63) is 64.1 Å². The van der Waals surface area contributed by atoms with Crippen LogP contribution in [0.5, 0.6) is 0 Å². The van der Waals surface area contributed by atoms with E-state index in [4.69, 9.17) is 0 Å². The second kappa shape index (κ2) is 8.11. The van der Waals surface area contributed by atoms with Gasteiger partial charge in [-0.25, -0.2) is 0 Å². The van der Waals surface area contributed by atoms with Crippen LogP contribution in [-0.4, -0.2) is 17.9 Å². The fraction of sp³-hybridized carbons (Fsp3) is 0.263. The van der Waals surface area contributed by atoms with E-state index in [1.807, 2.05) is 57.2 Å². The highest BCUT2D eigenvalue weighted by Crippen LogP contribution is 2.17. The molecular formula is C19H21BrN2O2. The summed E-state index contributed by atoms with van der Waals surface area (Å²) in [4.78, 5) is 25.0. The molecule has 2 aromatic rings. The Morgan fingerprint density at radius 2 is 1.75 bits per heavy atom. The van der Waals surface area contributed by atoms with Crippen molar-refractivity contribution in [1.82, 2.24) is 5.32 Å². The molecule has 4 nitrogen and oxygen atoms in total. The summed E-state index contributed by atoms with van der Waals surface area (Å²) in [6, 6.07) is 14.0. The summed E-state index contributed by atoms with van der Waals surface area (Å²) in [6.07, 6.45) is 0. The Labute approximate surface area is 150 Å². The molecule has 0 bridgehead atoms. The number of amides is 2. The molecule has 0 fully saturated rings. The highest BCUT2D eigenvalue weighted by molar-refractivity contribution is 9.10.